The molecule has 7 heteroatoms. The largest absolute Gasteiger partial charge is 0.387 e. The number of rotatable bonds is 4. The molecule has 1 atom stereocenters. The van der Waals surface area contributed by atoms with Gasteiger partial charge in [-0.25, -0.2) is 9.18 Å². The number of halogens is 2. The van der Waals surface area contributed by atoms with Gasteiger partial charge in [-0.15, -0.1) is 0 Å². The van der Waals surface area contributed by atoms with E-state index in [1.54, 1.807) is 11.4 Å². The summed E-state index contributed by atoms with van der Waals surface area (Å²) in [5.74, 6) is -0.497. The third-order valence-corrected chi connectivity index (χ3v) is 3.59. The molecule has 20 heavy (non-hydrogen) atoms. The fraction of sp³-hybridized carbons (Fsp3) is 0.154. The number of thiophene rings is 1. The van der Waals surface area contributed by atoms with Gasteiger partial charge in [0.2, 0.25) is 0 Å². The van der Waals surface area contributed by atoms with E-state index in [4.69, 9.17) is 11.6 Å². The second-order valence-electron chi connectivity index (χ2n) is 4.03. The summed E-state index contributed by atoms with van der Waals surface area (Å²) >= 11 is 7.29. The molecule has 1 heterocycles. The maximum Gasteiger partial charge on any atom is 0.319 e. The van der Waals surface area contributed by atoms with Gasteiger partial charge in [0.15, 0.2) is 0 Å². The molecule has 0 saturated heterocycles. The Morgan fingerprint density at radius 2 is 2.25 bits per heavy atom. The first-order valence-electron chi connectivity index (χ1n) is 5.76. The van der Waals surface area contributed by atoms with Crippen molar-refractivity contribution in [2.75, 3.05) is 11.9 Å². The average molecular weight is 315 g/mol. The molecule has 0 bridgehead atoms. The molecular formula is C13H12ClFN2O2S. The van der Waals surface area contributed by atoms with Crippen LogP contribution in [0.25, 0.3) is 0 Å². The first kappa shape index (κ1) is 14.8. The van der Waals surface area contributed by atoms with Crippen molar-refractivity contribution in [2.45, 2.75) is 6.10 Å². The van der Waals surface area contributed by atoms with Crippen molar-refractivity contribution in [1.82, 2.24) is 5.32 Å². The van der Waals surface area contributed by atoms with Crippen molar-refractivity contribution in [1.29, 1.82) is 0 Å². The highest BCUT2D eigenvalue weighted by atomic mass is 35.5. The maximum absolute atomic E-state index is 13.0. The predicted molar refractivity (Wildman–Crippen MR) is 77.7 cm³/mol. The Kier molecular flexibility index (Phi) is 4.94. The number of amides is 2. The van der Waals surface area contributed by atoms with Crippen molar-refractivity contribution >= 4 is 34.7 Å². The van der Waals surface area contributed by atoms with Crippen molar-refractivity contribution in [2.24, 2.45) is 0 Å². The van der Waals surface area contributed by atoms with Crippen LogP contribution in [0.15, 0.2) is 35.0 Å². The van der Waals surface area contributed by atoms with Crippen LogP contribution in [0.1, 0.15) is 11.7 Å². The van der Waals surface area contributed by atoms with Gasteiger partial charge < -0.3 is 15.7 Å². The molecule has 0 fully saturated rings. The topological polar surface area (TPSA) is 61.4 Å². The zero-order chi connectivity index (χ0) is 14.5. The van der Waals surface area contributed by atoms with Crippen molar-refractivity contribution in [3.8, 4) is 0 Å². The van der Waals surface area contributed by atoms with Gasteiger partial charge in [-0.05, 0) is 40.6 Å². The molecule has 0 spiro atoms. The molecule has 2 rings (SSSR count). The van der Waals surface area contributed by atoms with Gasteiger partial charge in [-0.1, -0.05) is 11.6 Å². The Morgan fingerprint density at radius 1 is 1.45 bits per heavy atom. The van der Waals surface area contributed by atoms with E-state index in [2.05, 4.69) is 10.6 Å². The van der Waals surface area contributed by atoms with E-state index in [9.17, 15) is 14.3 Å². The summed E-state index contributed by atoms with van der Waals surface area (Å²) < 4.78 is 13.0. The predicted octanol–water partition coefficient (Wildman–Crippen LogP) is 3.40. The molecule has 1 unspecified atom stereocenters. The Hall–Kier alpha value is -1.63. The van der Waals surface area contributed by atoms with Crippen LogP contribution in [-0.2, 0) is 0 Å². The molecule has 0 saturated carbocycles. The molecular weight excluding hydrogens is 303 g/mol. The van der Waals surface area contributed by atoms with Crippen LogP contribution in [0.5, 0.6) is 0 Å². The highest BCUT2D eigenvalue weighted by Gasteiger charge is 2.11. The molecule has 2 aromatic rings. The van der Waals surface area contributed by atoms with Crippen LogP contribution in [-0.4, -0.2) is 17.7 Å². The highest BCUT2D eigenvalue weighted by molar-refractivity contribution is 7.07. The molecule has 3 N–H and O–H groups in total. The highest BCUT2D eigenvalue weighted by Crippen LogP contribution is 2.22. The van der Waals surface area contributed by atoms with Crippen molar-refractivity contribution in [3.05, 3.63) is 51.4 Å². The van der Waals surface area contributed by atoms with Gasteiger partial charge in [-0.2, -0.15) is 11.3 Å². The summed E-state index contributed by atoms with van der Waals surface area (Å²) in [5.41, 5.74) is 0.910. The van der Waals surface area contributed by atoms with Gasteiger partial charge in [0, 0.05) is 6.54 Å². The minimum absolute atomic E-state index is 0.0511. The van der Waals surface area contributed by atoms with E-state index in [0.29, 0.717) is 0 Å². The van der Waals surface area contributed by atoms with Crippen LogP contribution in [0.2, 0.25) is 5.02 Å². The van der Waals surface area contributed by atoms with Gasteiger partial charge in [-0.3, -0.25) is 0 Å². The van der Waals surface area contributed by atoms with Crippen LogP contribution in [0.3, 0.4) is 0 Å². The molecule has 0 aliphatic heterocycles. The number of hydrogen-bond donors (Lipinski definition) is 3. The lowest BCUT2D eigenvalue weighted by molar-refractivity contribution is 0.175. The van der Waals surface area contributed by atoms with E-state index < -0.39 is 18.0 Å². The van der Waals surface area contributed by atoms with E-state index >= 15 is 0 Å². The zero-order valence-electron chi connectivity index (χ0n) is 10.3. The Morgan fingerprint density at radius 3 is 2.95 bits per heavy atom. The number of carbonyl (C=O) groups excluding carboxylic acids is 1. The number of hydrogen-bond acceptors (Lipinski definition) is 3. The fourth-order valence-electron chi connectivity index (χ4n) is 1.53. The number of urea groups is 1. The molecule has 106 valence electrons. The standard InChI is InChI=1S/C13H12ClFN2O2S/c14-10-2-1-9(15)5-11(10)17-13(19)16-6-12(18)8-3-4-20-7-8/h1-5,7,12,18H,6H2,(H2,16,17,19). The summed E-state index contributed by atoms with van der Waals surface area (Å²) in [7, 11) is 0. The van der Waals surface area contributed by atoms with E-state index in [1.807, 2.05) is 5.38 Å². The smallest absolute Gasteiger partial charge is 0.319 e. The van der Waals surface area contributed by atoms with E-state index in [1.165, 1.54) is 23.5 Å². The van der Waals surface area contributed by atoms with E-state index in [-0.39, 0.29) is 17.3 Å². The van der Waals surface area contributed by atoms with Crippen molar-refractivity contribution < 1.29 is 14.3 Å². The average Bonchev–Trinajstić information content (AvgIpc) is 2.94. The molecule has 1 aromatic heterocycles. The molecule has 0 aliphatic carbocycles. The van der Waals surface area contributed by atoms with Gasteiger partial charge in [0.25, 0.3) is 0 Å². The number of aliphatic hydroxyl groups excluding tert-OH is 1. The summed E-state index contributed by atoms with van der Waals surface area (Å²) in [5, 5.41) is 18.6. The minimum Gasteiger partial charge on any atom is -0.387 e. The number of anilines is 1. The number of carbonyl (C=O) groups is 1. The maximum atomic E-state index is 13.0. The summed E-state index contributed by atoms with van der Waals surface area (Å²) in [6.07, 6.45) is -0.782. The monoisotopic (exact) mass is 314 g/mol. The van der Waals surface area contributed by atoms with Crippen LogP contribution < -0.4 is 10.6 Å². The third kappa shape index (κ3) is 3.93. The second-order valence-corrected chi connectivity index (χ2v) is 5.22. The van der Waals surface area contributed by atoms with Crippen LogP contribution >= 0.6 is 22.9 Å². The zero-order valence-corrected chi connectivity index (χ0v) is 11.8. The molecule has 1 aromatic carbocycles. The van der Waals surface area contributed by atoms with Gasteiger partial charge in [0.05, 0.1) is 16.8 Å². The fourth-order valence-corrected chi connectivity index (χ4v) is 2.40. The lowest BCUT2D eigenvalue weighted by Gasteiger charge is -2.12. The first-order chi connectivity index (χ1) is 9.56. The Bertz CT molecular complexity index is 592. The van der Waals surface area contributed by atoms with Crippen LogP contribution in [0, 0.1) is 5.82 Å². The lowest BCUT2D eigenvalue weighted by Crippen LogP contribution is -2.32. The molecule has 4 nitrogen and oxygen atoms in total. The van der Waals surface area contributed by atoms with Gasteiger partial charge in [0.1, 0.15) is 5.82 Å². The third-order valence-electron chi connectivity index (χ3n) is 2.56. The van der Waals surface area contributed by atoms with Gasteiger partial charge >= 0.3 is 6.03 Å². The summed E-state index contributed by atoms with van der Waals surface area (Å²) in [4.78, 5) is 11.6. The normalized spacial score (nSPS) is 11.9. The van der Waals surface area contributed by atoms with Crippen molar-refractivity contribution in [3.63, 3.8) is 0 Å². The SMILES string of the molecule is O=C(NCC(O)c1ccsc1)Nc1cc(F)ccc1Cl. The second kappa shape index (κ2) is 6.69. The first-order valence-corrected chi connectivity index (χ1v) is 7.08. The number of nitrogens with one attached hydrogen (secondary N) is 2. The lowest BCUT2D eigenvalue weighted by atomic mass is 10.2. The number of benzene rings is 1. The molecule has 0 aliphatic rings. The Labute approximate surface area is 124 Å². The summed E-state index contributed by atoms with van der Waals surface area (Å²) in [6, 6.07) is 4.89. The quantitative estimate of drug-likeness (QED) is 0.810. The minimum atomic E-state index is -0.782. The van der Waals surface area contributed by atoms with Crippen LogP contribution in [0.4, 0.5) is 14.9 Å². The Balaban J connectivity index is 1.88. The van der Waals surface area contributed by atoms with E-state index in [0.717, 1.165) is 11.6 Å². The summed E-state index contributed by atoms with van der Waals surface area (Å²) in [6.45, 7) is 0.0511. The molecule has 2 amide bonds. The number of aliphatic hydroxyl groups is 1. The molecule has 0 radical (unpaired) electrons.